The van der Waals surface area contributed by atoms with Crippen LogP contribution in [0.3, 0.4) is 0 Å². The highest BCUT2D eigenvalue weighted by atomic mass is 35.5. The lowest BCUT2D eigenvalue weighted by Crippen LogP contribution is -2.22. The number of anilines is 1. The molecule has 1 amide bonds. The Morgan fingerprint density at radius 1 is 1.27 bits per heavy atom. The van der Waals surface area contributed by atoms with Crippen LogP contribution in [-0.2, 0) is 16.1 Å². The molecule has 0 aliphatic carbocycles. The summed E-state index contributed by atoms with van der Waals surface area (Å²) in [7, 11) is 0. The summed E-state index contributed by atoms with van der Waals surface area (Å²) >= 11 is 6.15. The molecule has 1 N–H and O–H groups in total. The van der Waals surface area contributed by atoms with Crippen molar-refractivity contribution in [2.75, 3.05) is 11.9 Å². The van der Waals surface area contributed by atoms with Gasteiger partial charge in [-0.25, -0.2) is 9.48 Å². The van der Waals surface area contributed by atoms with Crippen LogP contribution < -0.4 is 5.32 Å². The molecule has 134 valence electrons. The fourth-order valence-electron chi connectivity index (χ4n) is 2.31. The molecule has 1 aromatic carbocycles. The van der Waals surface area contributed by atoms with Gasteiger partial charge in [-0.05, 0) is 24.6 Å². The first-order valence-electron chi connectivity index (χ1n) is 7.81. The normalized spacial score (nSPS) is 10.5. The van der Waals surface area contributed by atoms with E-state index in [1.807, 2.05) is 18.2 Å². The number of halogens is 1. The number of aryl methyl sites for hydroxylation is 1. The fraction of sp³-hybridized carbons (Fsp3) is 0.167. The minimum atomic E-state index is -0.688. The summed E-state index contributed by atoms with van der Waals surface area (Å²) in [6.45, 7) is 1.68. The number of nitrogens with one attached hydrogen (secondary N) is 1. The third kappa shape index (κ3) is 4.12. The Morgan fingerprint density at radius 2 is 2.08 bits per heavy atom. The van der Waals surface area contributed by atoms with Crippen LogP contribution >= 0.6 is 11.6 Å². The maximum atomic E-state index is 12.1. The number of nitrogens with zero attached hydrogens (tertiary/aromatic N) is 2. The predicted molar refractivity (Wildman–Crippen MR) is 95.1 cm³/mol. The van der Waals surface area contributed by atoms with Crippen molar-refractivity contribution >= 4 is 29.3 Å². The molecule has 0 atom stereocenters. The zero-order chi connectivity index (χ0) is 18.5. The summed E-state index contributed by atoms with van der Waals surface area (Å²) in [6, 6.07) is 10.7. The van der Waals surface area contributed by atoms with Gasteiger partial charge in [0.1, 0.15) is 5.82 Å². The van der Waals surface area contributed by atoms with Gasteiger partial charge in [0, 0.05) is 16.7 Å². The predicted octanol–water partition coefficient (Wildman–Crippen LogP) is 3.28. The second-order valence-corrected chi connectivity index (χ2v) is 5.93. The van der Waals surface area contributed by atoms with E-state index in [1.54, 1.807) is 36.0 Å². The number of ether oxygens (including phenoxy) is 1. The molecule has 0 saturated carbocycles. The molecule has 0 spiro atoms. The topological polar surface area (TPSA) is 86.4 Å². The molecule has 0 aliphatic rings. The van der Waals surface area contributed by atoms with Crippen molar-refractivity contribution in [1.29, 1.82) is 0 Å². The summed E-state index contributed by atoms with van der Waals surface area (Å²) in [5.74, 6) is -0.614. The number of hydrogen-bond acceptors (Lipinski definition) is 5. The number of rotatable bonds is 6. The molecule has 2 heterocycles. The molecule has 0 radical (unpaired) electrons. The Balaban J connectivity index is 1.59. The highest BCUT2D eigenvalue weighted by Crippen LogP contribution is 2.18. The van der Waals surface area contributed by atoms with Gasteiger partial charge >= 0.3 is 5.97 Å². The molecule has 2 aromatic heterocycles. The fourth-order valence-corrected chi connectivity index (χ4v) is 2.51. The monoisotopic (exact) mass is 373 g/mol. The maximum absolute atomic E-state index is 12.1. The molecule has 7 nitrogen and oxygen atoms in total. The van der Waals surface area contributed by atoms with E-state index >= 15 is 0 Å². The molecule has 3 rings (SSSR count). The maximum Gasteiger partial charge on any atom is 0.375 e. The minimum absolute atomic E-state index is 0.0848. The van der Waals surface area contributed by atoms with Gasteiger partial charge in [0.05, 0.1) is 19.0 Å². The van der Waals surface area contributed by atoms with Gasteiger partial charge in [-0.2, -0.15) is 5.10 Å². The molecule has 0 fully saturated rings. The van der Waals surface area contributed by atoms with Crippen LogP contribution in [0, 0.1) is 6.92 Å². The van der Waals surface area contributed by atoms with E-state index in [2.05, 4.69) is 10.4 Å². The van der Waals surface area contributed by atoms with Crippen molar-refractivity contribution in [3.8, 4) is 0 Å². The Bertz CT molecular complexity index is 932. The Kier molecular flexibility index (Phi) is 5.38. The van der Waals surface area contributed by atoms with E-state index in [-0.39, 0.29) is 5.76 Å². The molecule has 0 saturated heterocycles. The van der Waals surface area contributed by atoms with Gasteiger partial charge in [0.25, 0.3) is 5.91 Å². The number of benzene rings is 1. The number of furan rings is 1. The molecular weight excluding hydrogens is 358 g/mol. The van der Waals surface area contributed by atoms with Crippen LogP contribution in [0.25, 0.3) is 0 Å². The molecule has 3 aromatic rings. The zero-order valence-corrected chi connectivity index (χ0v) is 14.7. The molecule has 0 bridgehead atoms. The van der Waals surface area contributed by atoms with Crippen molar-refractivity contribution in [2.45, 2.75) is 13.5 Å². The first kappa shape index (κ1) is 17.8. The van der Waals surface area contributed by atoms with Gasteiger partial charge in [0.15, 0.2) is 6.61 Å². The molecular formula is C18H16ClN3O4. The number of carbonyl (C=O) groups excluding carboxylic acids is 2. The number of esters is 1. The van der Waals surface area contributed by atoms with E-state index in [0.717, 1.165) is 5.56 Å². The molecule has 0 aliphatic heterocycles. The van der Waals surface area contributed by atoms with Crippen LogP contribution in [0.4, 0.5) is 5.82 Å². The van der Waals surface area contributed by atoms with Gasteiger partial charge in [0.2, 0.25) is 5.76 Å². The van der Waals surface area contributed by atoms with Gasteiger partial charge < -0.3 is 14.5 Å². The Morgan fingerprint density at radius 3 is 2.81 bits per heavy atom. The zero-order valence-electron chi connectivity index (χ0n) is 13.9. The van der Waals surface area contributed by atoms with Gasteiger partial charge in [-0.3, -0.25) is 4.79 Å². The van der Waals surface area contributed by atoms with E-state index in [4.69, 9.17) is 20.8 Å². The standard InChI is InChI=1S/C18H16ClN3O4/c1-12-7-9-25-17(12)18(24)26-11-16(23)21-15-6-8-20-22(15)10-13-4-2-3-5-14(13)19/h2-9H,10-11H2,1H3,(H,21,23). The average molecular weight is 374 g/mol. The van der Waals surface area contributed by atoms with E-state index < -0.39 is 18.5 Å². The second kappa shape index (κ2) is 7.88. The highest BCUT2D eigenvalue weighted by molar-refractivity contribution is 6.31. The number of amides is 1. The summed E-state index contributed by atoms with van der Waals surface area (Å²) in [5, 5.41) is 7.44. The van der Waals surface area contributed by atoms with Crippen LogP contribution in [0.15, 0.2) is 53.3 Å². The van der Waals surface area contributed by atoms with E-state index in [9.17, 15) is 9.59 Å². The lowest BCUT2D eigenvalue weighted by Gasteiger charge is -2.10. The Hall–Kier alpha value is -3.06. The lowest BCUT2D eigenvalue weighted by atomic mass is 10.2. The van der Waals surface area contributed by atoms with Crippen molar-refractivity contribution < 1.29 is 18.7 Å². The summed E-state index contributed by atoms with van der Waals surface area (Å²) in [6.07, 6.45) is 2.95. The smallest absolute Gasteiger partial charge is 0.375 e. The molecule has 26 heavy (non-hydrogen) atoms. The van der Waals surface area contributed by atoms with E-state index in [1.165, 1.54) is 6.26 Å². The van der Waals surface area contributed by atoms with Crippen molar-refractivity contribution in [1.82, 2.24) is 9.78 Å². The average Bonchev–Trinajstić information content (AvgIpc) is 3.24. The number of carbonyl (C=O) groups is 2. The first-order chi connectivity index (χ1) is 12.5. The minimum Gasteiger partial charge on any atom is -0.457 e. The lowest BCUT2D eigenvalue weighted by molar-refractivity contribution is -0.119. The van der Waals surface area contributed by atoms with Crippen molar-refractivity contribution in [3.63, 3.8) is 0 Å². The van der Waals surface area contributed by atoms with Crippen molar-refractivity contribution in [2.24, 2.45) is 0 Å². The third-order valence-electron chi connectivity index (χ3n) is 3.64. The molecule has 0 unspecified atom stereocenters. The largest absolute Gasteiger partial charge is 0.457 e. The number of hydrogen-bond donors (Lipinski definition) is 1. The Labute approximate surface area is 154 Å². The summed E-state index contributed by atoms with van der Waals surface area (Å²) < 4.78 is 11.6. The summed E-state index contributed by atoms with van der Waals surface area (Å²) in [4.78, 5) is 23.9. The van der Waals surface area contributed by atoms with Crippen LogP contribution in [0.1, 0.15) is 21.7 Å². The SMILES string of the molecule is Cc1ccoc1C(=O)OCC(=O)Nc1ccnn1Cc1ccccc1Cl. The summed E-state index contributed by atoms with van der Waals surface area (Å²) in [5.41, 5.74) is 1.52. The van der Waals surface area contributed by atoms with Gasteiger partial charge in [-0.1, -0.05) is 29.8 Å². The van der Waals surface area contributed by atoms with E-state index in [0.29, 0.717) is 22.9 Å². The first-order valence-corrected chi connectivity index (χ1v) is 8.18. The number of aromatic nitrogens is 2. The van der Waals surface area contributed by atoms with Crippen LogP contribution in [0.5, 0.6) is 0 Å². The second-order valence-electron chi connectivity index (χ2n) is 5.52. The molecule has 8 heteroatoms. The highest BCUT2D eigenvalue weighted by Gasteiger charge is 2.16. The quantitative estimate of drug-likeness (QED) is 0.670. The third-order valence-corrected chi connectivity index (χ3v) is 4.01. The van der Waals surface area contributed by atoms with Crippen LogP contribution in [0.2, 0.25) is 5.02 Å². The van der Waals surface area contributed by atoms with Crippen LogP contribution in [-0.4, -0.2) is 28.3 Å². The van der Waals surface area contributed by atoms with Gasteiger partial charge in [-0.15, -0.1) is 0 Å². The van der Waals surface area contributed by atoms with Crippen molar-refractivity contribution in [3.05, 3.63) is 70.8 Å².